The smallest absolute Gasteiger partial charge is 0.133 e. The summed E-state index contributed by atoms with van der Waals surface area (Å²) in [4.78, 5) is 8.68. The number of rotatable bonds is 5. The quantitative estimate of drug-likeness (QED) is 0.782. The molecule has 3 aromatic rings. The van der Waals surface area contributed by atoms with Crippen LogP contribution in [0.3, 0.4) is 0 Å². The van der Waals surface area contributed by atoms with Crippen LogP contribution in [-0.2, 0) is 13.1 Å². The average molecular weight is 281 g/mol. The van der Waals surface area contributed by atoms with Crippen molar-refractivity contribution in [3.8, 4) is 11.4 Å². The molecule has 0 aliphatic carbocycles. The van der Waals surface area contributed by atoms with Crippen molar-refractivity contribution in [1.29, 1.82) is 0 Å². The maximum Gasteiger partial charge on any atom is 0.133 e. The number of anilines is 1. The van der Waals surface area contributed by atoms with E-state index in [4.69, 9.17) is 5.73 Å². The lowest BCUT2D eigenvalue weighted by Crippen LogP contribution is -2.04. The van der Waals surface area contributed by atoms with Crippen LogP contribution >= 0.6 is 0 Å². The minimum atomic E-state index is 0.678. The van der Waals surface area contributed by atoms with Crippen LogP contribution in [0, 0.1) is 0 Å². The van der Waals surface area contributed by atoms with Crippen LogP contribution in [0.5, 0.6) is 0 Å². The van der Waals surface area contributed by atoms with Gasteiger partial charge in [0.2, 0.25) is 0 Å². The highest BCUT2D eigenvalue weighted by Crippen LogP contribution is 2.24. The molecule has 21 heavy (non-hydrogen) atoms. The molecule has 3 rings (SSSR count). The monoisotopic (exact) mass is 281 g/mol. The number of nitrogens with two attached hydrogens (primary N) is 1. The fourth-order valence-corrected chi connectivity index (χ4v) is 2.43. The van der Waals surface area contributed by atoms with Gasteiger partial charge in [-0.1, -0.05) is 37.3 Å². The molecular weight excluding hydrogens is 262 g/mol. The van der Waals surface area contributed by atoms with Gasteiger partial charge in [0.1, 0.15) is 11.5 Å². The van der Waals surface area contributed by atoms with E-state index in [1.807, 2.05) is 35.3 Å². The fraction of sp³-hybridized carbons (Fsp3) is 0.250. The normalized spacial score (nSPS) is 10.9. The molecule has 5 nitrogen and oxygen atoms in total. The number of imidazole rings is 2. The third-order valence-corrected chi connectivity index (χ3v) is 3.49. The first kappa shape index (κ1) is 13.4. The maximum atomic E-state index is 6.27. The van der Waals surface area contributed by atoms with Gasteiger partial charge in [-0.2, -0.15) is 0 Å². The summed E-state index contributed by atoms with van der Waals surface area (Å²) in [5.74, 6) is 0.678. The van der Waals surface area contributed by atoms with Crippen LogP contribution < -0.4 is 5.73 Å². The van der Waals surface area contributed by atoms with Gasteiger partial charge < -0.3 is 14.9 Å². The van der Waals surface area contributed by atoms with Gasteiger partial charge in [0, 0.05) is 6.54 Å². The molecular formula is C16H19N5. The van der Waals surface area contributed by atoms with Crippen molar-refractivity contribution in [3.63, 3.8) is 0 Å². The topological polar surface area (TPSA) is 61.7 Å². The molecule has 5 heteroatoms. The van der Waals surface area contributed by atoms with E-state index < -0.39 is 0 Å². The van der Waals surface area contributed by atoms with E-state index in [-0.39, 0.29) is 0 Å². The Bertz CT molecular complexity index is 711. The lowest BCUT2D eigenvalue weighted by Gasteiger charge is -2.07. The number of nitrogen functional groups attached to an aromatic ring is 1. The summed E-state index contributed by atoms with van der Waals surface area (Å²) < 4.78 is 4.06. The van der Waals surface area contributed by atoms with Gasteiger partial charge in [-0.3, -0.25) is 0 Å². The van der Waals surface area contributed by atoms with Gasteiger partial charge in [-0.15, -0.1) is 0 Å². The average Bonchev–Trinajstić information content (AvgIpc) is 3.09. The zero-order valence-electron chi connectivity index (χ0n) is 12.1. The minimum absolute atomic E-state index is 0.678. The Balaban J connectivity index is 1.90. The number of aromatic nitrogens is 4. The van der Waals surface area contributed by atoms with E-state index in [1.165, 1.54) is 5.56 Å². The van der Waals surface area contributed by atoms with Crippen molar-refractivity contribution in [1.82, 2.24) is 19.1 Å². The Morgan fingerprint density at radius 3 is 2.67 bits per heavy atom. The SMILES string of the molecule is CCCn1cncc1-c1ncn(Cc2ccccc2)c1N. The molecule has 0 amide bonds. The molecule has 108 valence electrons. The van der Waals surface area contributed by atoms with Gasteiger partial charge in [0.25, 0.3) is 0 Å². The van der Waals surface area contributed by atoms with Crippen molar-refractivity contribution in [3.05, 3.63) is 54.7 Å². The van der Waals surface area contributed by atoms with Crippen molar-refractivity contribution in [2.24, 2.45) is 0 Å². The summed E-state index contributed by atoms with van der Waals surface area (Å²) in [6.07, 6.45) is 6.49. The maximum absolute atomic E-state index is 6.27. The van der Waals surface area contributed by atoms with Crippen LogP contribution in [0.1, 0.15) is 18.9 Å². The Morgan fingerprint density at radius 1 is 1.10 bits per heavy atom. The number of aryl methyl sites for hydroxylation is 1. The molecule has 2 aromatic heterocycles. The molecule has 0 aliphatic rings. The van der Waals surface area contributed by atoms with E-state index >= 15 is 0 Å². The second-order valence-corrected chi connectivity index (χ2v) is 5.06. The Labute approximate surface area is 124 Å². The standard InChI is InChI=1S/C16H19N5/c1-2-8-20-11-18-9-14(20)15-16(17)21(12-19-15)10-13-6-4-3-5-7-13/h3-7,9,11-12H,2,8,10,17H2,1H3. The highest BCUT2D eigenvalue weighted by Gasteiger charge is 2.14. The Kier molecular flexibility index (Phi) is 3.73. The molecule has 0 aliphatic heterocycles. The van der Waals surface area contributed by atoms with Crippen molar-refractivity contribution in [2.75, 3.05) is 5.73 Å². The molecule has 1 aromatic carbocycles. The number of hydrogen-bond acceptors (Lipinski definition) is 3. The van der Waals surface area contributed by atoms with Gasteiger partial charge in [0.05, 0.1) is 31.1 Å². The lowest BCUT2D eigenvalue weighted by molar-refractivity contribution is 0.683. The van der Waals surface area contributed by atoms with Gasteiger partial charge in [0.15, 0.2) is 0 Å². The van der Waals surface area contributed by atoms with E-state index in [0.29, 0.717) is 5.82 Å². The van der Waals surface area contributed by atoms with Crippen LogP contribution in [0.25, 0.3) is 11.4 Å². The molecule has 0 atom stereocenters. The molecule has 2 N–H and O–H groups in total. The fourth-order valence-electron chi connectivity index (χ4n) is 2.43. The molecule has 2 heterocycles. The highest BCUT2D eigenvalue weighted by atomic mass is 15.1. The molecule has 0 saturated carbocycles. The summed E-state index contributed by atoms with van der Waals surface area (Å²) in [6, 6.07) is 10.2. The predicted molar refractivity (Wildman–Crippen MR) is 83.7 cm³/mol. The first-order valence-corrected chi connectivity index (χ1v) is 7.14. The van der Waals surface area contributed by atoms with Gasteiger partial charge >= 0.3 is 0 Å². The largest absolute Gasteiger partial charge is 0.383 e. The molecule has 0 spiro atoms. The van der Waals surface area contributed by atoms with Crippen molar-refractivity contribution < 1.29 is 0 Å². The van der Waals surface area contributed by atoms with Crippen LogP contribution in [0.4, 0.5) is 5.82 Å². The zero-order valence-corrected chi connectivity index (χ0v) is 12.1. The van der Waals surface area contributed by atoms with E-state index in [0.717, 1.165) is 30.9 Å². The molecule has 0 bridgehead atoms. The highest BCUT2D eigenvalue weighted by molar-refractivity contribution is 5.67. The third kappa shape index (κ3) is 2.67. The second-order valence-electron chi connectivity index (χ2n) is 5.06. The summed E-state index contributed by atoms with van der Waals surface area (Å²) in [5.41, 5.74) is 9.25. The lowest BCUT2D eigenvalue weighted by atomic mass is 10.2. The first-order valence-electron chi connectivity index (χ1n) is 7.14. The van der Waals surface area contributed by atoms with Crippen LogP contribution in [0.15, 0.2) is 49.2 Å². The number of benzene rings is 1. The van der Waals surface area contributed by atoms with E-state index in [1.54, 1.807) is 6.33 Å². The number of hydrogen-bond donors (Lipinski definition) is 1. The Hall–Kier alpha value is -2.56. The Morgan fingerprint density at radius 2 is 1.90 bits per heavy atom. The zero-order chi connectivity index (χ0) is 14.7. The van der Waals surface area contributed by atoms with Crippen molar-refractivity contribution >= 4 is 5.82 Å². The van der Waals surface area contributed by atoms with Crippen LogP contribution in [0.2, 0.25) is 0 Å². The molecule has 0 saturated heterocycles. The van der Waals surface area contributed by atoms with Gasteiger partial charge in [-0.05, 0) is 12.0 Å². The number of nitrogens with zero attached hydrogens (tertiary/aromatic N) is 4. The predicted octanol–water partition coefficient (Wildman–Crippen LogP) is 2.79. The third-order valence-electron chi connectivity index (χ3n) is 3.49. The summed E-state index contributed by atoms with van der Waals surface area (Å²) in [7, 11) is 0. The van der Waals surface area contributed by atoms with E-state index in [2.05, 4.69) is 33.6 Å². The molecule has 0 unspecified atom stereocenters. The first-order chi connectivity index (χ1) is 10.3. The second kappa shape index (κ2) is 5.83. The van der Waals surface area contributed by atoms with Crippen LogP contribution in [-0.4, -0.2) is 19.1 Å². The molecule has 0 fully saturated rings. The van der Waals surface area contributed by atoms with E-state index in [9.17, 15) is 0 Å². The summed E-state index contributed by atoms with van der Waals surface area (Å²) >= 11 is 0. The minimum Gasteiger partial charge on any atom is -0.383 e. The van der Waals surface area contributed by atoms with Gasteiger partial charge in [-0.25, -0.2) is 9.97 Å². The van der Waals surface area contributed by atoms with Crippen molar-refractivity contribution in [2.45, 2.75) is 26.4 Å². The summed E-state index contributed by atoms with van der Waals surface area (Å²) in [5, 5.41) is 0. The molecule has 0 radical (unpaired) electrons. The summed E-state index contributed by atoms with van der Waals surface area (Å²) in [6.45, 7) is 3.78.